The molecule has 0 atom stereocenters. The van der Waals surface area contributed by atoms with E-state index in [1.165, 1.54) is 9.87 Å². The molecule has 0 spiro atoms. The van der Waals surface area contributed by atoms with Crippen molar-refractivity contribution < 1.29 is 8.42 Å². The third kappa shape index (κ3) is 3.53. The molecule has 8 nitrogen and oxygen atoms in total. The summed E-state index contributed by atoms with van der Waals surface area (Å²) in [4.78, 5) is 11.0. The van der Waals surface area contributed by atoms with Gasteiger partial charge in [-0.2, -0.15) is 9.57 Å². The van der Waals surface area contributed by atoms with Crippen molar-refractivity contribution in [2.45, 2.75) is 19.3 Å². The first kappa shape index (κ1) is 20.3. The van der Waals surface area contributed by atoms with Gasteiger partial charge in [-0.05, 0) is 23.6 Å². The molecule has 1 aliphatic rings. The van der Waals surface area contributed by atoms with Gasteiger partial charge in [0, 0.05) is 44.9 Å². The number of hydrogen-bond donors (Lipinski definition) is 0. The fourth-order valence-corrected chi connectivity index (χ4v) is 5.01. The van der Waals surface area contributed by atoms with E-state index >= 15 is 0 Å². The third-order valence-corrected chi connectivity index (χ3v) is 7.33. The van der Waals surface area contributed by atoms with E-state index < -0.39 is 15.8 Å². The molecule has 1 aliphatic heterocycles. The molecular formula is C21H24N6O2S. The molecule has 4 rings (SSSR count). The first-order valence-electron chi connectivity index (χ1n) is 9.82. The van der Waals surface area contributed by atoms with Crippen LogP contribution < -0.4 is 4.90 Å². The van der Waals surface area contributed by atoms with Crippen LogP contribution in [0.1, 0.15) is 24.0 Å². The molecule has 0 amide bonds. The molecular weight excluding hydrogens is 400 g/mol. The molecule has 0 unspecified atom stereocenters. The molecule has 1 fully saturated rings. The van der Waals surface area contributed by atoms with Crippen LogP contribution >= 0.6 is 0 Å². The van der Waals surface area contributed by atoms with Gasteiger partial charge in [-0.15, -0.1) is 0 Å². The van der Waals surface area contributed by atoms with Crippen LogP contribution in [0, 0.1) is 11.3 Å². The lowest BCUT2D eigenvalue weighted by atomic mass is 9.91. The number of hydrogen-bond acceptors (Lipinski definition) is 6. The zero-order chi connectivity index (χ0) is 21.5. The van der Waals surface area contributed by atoms with Crippen molar-refractivity contribution in [2.75, 3.05) is 30.8 Å². The summed E-state index contributed by atoms with van der Waals surface area (Å²) in [6.45, 7) is 2.97. The number of sulfonamides is 1. The summed E-state index contributed by atoms with van der Waals surface area (Å²) in [6.07, 6.45) is 4.41. The van der Waals surface area contributed by atoms with E-state index in [2.05, 4.69) is 40.0 Å². The van der Waals surface area contributed by atoms with Crippen LogP contribution in [0.5, 0.6) is 0 Å². The maximum Gasteiger partial charge on any atom is 0.227 e. The Morgan fingerprint density at radius 1 is 1.27 bits per heavy atom. The fourth-order valence-electron chi connectivity index (χ4n) is 3.85. The zero-order valence-corrected chi connectivity index (χ0v) is 18.1. The van der Waals surface area contributed by atoms with Crippen LogP contribution in [0.4, 0.5) is 11.5 Å². The minimum absolute atomic E-state index is 0.159. The molecule has 0 radical (unpaired) electrons. The van der Waals surface area contributed by atoms with Crippen molar-refractivity contribution in [3.63, 3.8) is 0 Å². The molecule has 30 heavy (non-hydrogen) atoms. The monoisotopic (exact) mass is 424 g/mol. The maximum absolute atomic E-state index is 12.0. The maximum atomic E-state index is 12.0. The van der Waals surface area contributed by atoms with Gasteiger partial charge in [-0.25, -0.2) is 18.4 Å². The van der Waals surface area contributed by atoms with Gasteiger partial charge in [-0.3, -0.25) is 0 Å². The molecule has 0 bridgehead atoms. The molecule has 0 saturated carbocycles. The summed E-state index contributed by atoms with van der Waals surface area (Å²) in [6, 6.07) is 10.1. The second-order valence-corrected chi connectivity index (χ2v) is 9.58. The average molecular weight is 425 g/mol. The third-order valence-electron chi connectivity index (χ3n) is 5.75. The second kappa shape index (κ2) is 7.70. The Morgan fingerprint density at radius 2 is 2.03 bits per heavy atom. The van der Waals surface area contributed by atoms with E-state index in [9.17, 15) is 8.42 Å². The summed E-state index contributed by atoms with van der Waals surface area (Å²) in [5.41, 5.74) is 5.27. The van der Waals surface area contributed by atoms with E-state index in [-0.39, 0.29) is 5.92 Å². The van der Waals surface area contributed by atoms with Crippen molar-refractivity contribution in [1.29, 1.82) is 5.26 Å². The number of aromatic nitrogens is 3. The predicted octanol–water partition coefficient (Wildman–Crippen LogP) is 2.55. The number of nitriles is 1. The average Bonchev–Trinajstić information content (AvgIpc) is 3.06. The molecule has 1 aromatic carbocycles. The van der Waals surface area contributed by atoms with Gasteiger partial charge < -0.3 is 9.47 Å². The number of nitrogens with zero attached hydrogens (tertiary/aromatic N) is 6. The van der Waals surface area contributed by atoms with Crippen LogP contribution in [0.15, 0.2) is 36.8 Å². The number of rotatable bonds is 6. The highest BCUT2D eigenvalue weighted by Gasteiger charge is 2.36. The lowest BCUT2D eigenvalue weighted by molar-refractivity contribution is 0.265. The van der Waals surface area contributed by atoms with Crippen LogP contribution in [-0.4, -0.2) is 53.1 Å². The van der Waals surface area contributed by atoms with Gasteiger partial charge >= 0.3 is 0 Å². The number of aryl methyl sites for hydroxylation is 2. The molecule has 3 heterocycles. The van der Waals surface area contributed by atoms with Crippen molar-refractivity contribution in [2.24, 2.45) is 7.05 Å². The Balaban J connectivity index is 1.57. The summed E-state index contributed by atoms with van der Waals surface area (Å²) in [7, 11) is 0.505. The van der Waals surface area contributed by atoms with Crippen molar-refractivity contribution in [1.82, 2.24) is 18.8 Å². The van der Waals surface area contributed by atoms with E-state index in [0.29, 0.717) is 13.1 Å². The highest BCUT2D eigenvalue weighted by atomic mass is 32.2. The lowest BCUT2D eigenvalue weighted by Gasteiger charge is -2.38. The topological polar surface area (TPSA) is 95.1 Å². The molecule has 156 valence electrons. The Morgan fingerprint density at radius 3 is 2.73 bits per heavy atom. The van der Waals surface area contributed by atoms with Crippen LogP contribution in [0.2, 0.25) is 0 Å². The Kier molecular flexibility index (Phi) is 5.22. The molecule has 3 aromatic rings. The van der Waals surface area contributed by atoms with Gasteiger partial charge in [0.05, 0.1) is 24.1 Å². The van der Waals surface area contributed by atoms with E-state index in [4.69, 9.17) is 5.26 Å². The molecule has 1 saturated heterocycles. The standard InChI is InChI=1S/C21H24N6O2S/c1-4-15-9-16(17-12-27(13-17)30(28,29)8-7-22)5-6-19(15)26(3)21-10-20-18(11-23-21)24-14-25(20)2/h5-6,9-11,14,17H,4,8,12-13H2,1-3H3. The second-order valence-electron chi connectivity index (χ2n) is 7.62. The van der Waals surface area contributed by atoms with Gasteiger partial charge in [0.2, 0.25) is 10.0 Å². The van der Waals surface area contributed by atoms with Gasteiger partial charge in [0.25, 0.3) is 0 Å². The van der Waals surface area contributed by atoms with Gasteiger partial charge in [-0.1, -0.05) is 19.1 Å². The van der Waals surface area contributed by atoms with Crippen LogP contribution in [-0.2, 0) is 23.5 Å². The van der Waals surface area contributed by atoms with E-state index in [0.717, 1.165) is 34.5 Å². The number of benzene rings is 1. The zero-order valence-electron chi connectivity index (χ0n) is 17.3. The number of pyridine rings is 1. The van der Waals surface area contributed by atoms with Crippen LogP contribution in [0.25, 0.3) is 11.0 Å². The quantitative estimate of drug-likeness (QED) is 0.603. The normalized spacial score (nSPS) is 15.1. The predicted molar refractivity (Wildman–Crippen MR) is 116 cm³/mol. The highest BCUT2D eigenvalue weighted by Crippen LogP contribution is 2.34. The largest absolute Gasteiger partial charge is 0.334 e. The van der Waals surface area contributed by atoms with E-state index in [1.54, 1.807) is 18.6 Å². The van der Waals surface area contributed by atoms with Crippen molar-refractivity contribution >= 4 is 32.6 Å². The summed E-state index contributed by atoms with van der Waals surface area (Å²) in [5.74, 6) is 0.538. The van der Waals surface area contributed by atoms with Crippen LogP contribution in [0.3, 0.4) is 0 Å². The highest BCUT2D eigenvalue weighted by molar-refractivity contribution is 7.89. The summed E-state index contributed by atoms with van der Waals surface area (Å²) >= 11 is 0. The smallest absolute Gasteiger partial charge is 0.227 e. The minimum Gasteiger partial charge on any atom is -0.334 e. The summed E-state index contributed by atoms with van der Waals surface area (Å²) in [5, 5.41) is 8.69. The minimum atomic E-state index is -3.46. The lowest BCUT2D eigenvalue weighted by Crippen LogP contribution is -2.49. The first-order chi connectivity index (χ1) is 14.3. The molecule has 2 aromatic heterocycles. The van der Waals surface area contributed by atoms with Gasteiger partial charge in [0.1, 0.15) is 11.3 Å². The molecule has 0 N–H and O–H groups in total. The number of anilines is 2. The Hall–Kier alpha value is -2.96. The summed E-state index contributed by atoms with van der Waals surface area (Å²) < 4.78 is 27.4. The fraction of sp³-hybridized carbons (Fsp3) is 0.381. The Bertz CT molecular complexity index is 1240. The number of fused-ring (bicyclic) bond motifs is 1. The molecule has 0 aliphatic carbocycles. The number of imidazole rings is 1. The SMILES string of the molecule is CCc1cc(C2CN(S(=O)(=O)CC#N)C2)ccc1N(C)c1cc2c(cn1)ncn2C. The van der Waals surface area contributed by atoms with Crippen molar-refractivity contribution in [3.05, 3.63) is 47.9 Å². The first-order valence-corrected chi connectivity index (χ1v) is 11.4. The van der Waals surface area contributed by atoms with E-state index in [1.807, 2.05) is 24.7 Å². The molecule has 9 heteroatoms. The Labute approximate surface area is 176 Å². The van der Waals surface area contributed by atoms with Crippen molar-refractivity contribution in [3.8, 4) is 6.07 Å². The van der Waals surface area contributed by atoms with Gasteiger partial charge in [0.15, 0.2) is 5.75 Å².